The molecule has 0 bridgehead atoms. The summed E-state index contributed by atoms with van der Waals surface area (Å²) in [5, 5.41) is 19.5. The molecule has 3 saturated heterocycles. The van der Waals surface area contributed by atoms with Crippen LogP contribution in [0, 0.1) is 5.82 Å². The van der Waals surface area contributed by atoms with Crippen LogP contribution in [0.15, 0.2) is 83.7 Å². The number of amides is 3. The Morgan fingerprint density at radius 1 is 0.942 bits per heavy atom. The normalized spacial score (nSPS) is 18.0. The van der Waals surface area contributed by atoms with Crippen molar-refractivity contribution in [1.29, 1.82) is 0 Å². The quantitative estimate of drug-likeness (QED) is 0.0708. The van der Waals surface area contributed by atoms with Gasteiger partial charge in [0, 0.05) is 86.1 Å². The lowest BCUT2D eigenvalue weighted by Crippen LogP contribution is -2.52. The summed E-state index contributed by atoms with van der Waals surface area (Å²) in [5.41, 5.74) is 6.62. The first-order valence-electron chi connectivity index (χ1n) is 23.4. The summed E-state index contributed by atoms with van der Waals surface area (Å²) >= 11 is 3.63. The molecule has 1 atom stereocenters. The number of halogens is 2. The predicted octanol–water partition coefficient (Wildman–Crippen LogP) is 7.35. The van der Waals surface area contributed by atoms with E-state index >= 15 is 4.39 Å². The van der Waals surface area contributed by atoms with Gasteiger partial charge in [0.05, 0.1) is 40.9 Å². The number of aromatic nitrogens is 4. The minimum Gasteiger partial charge on any atom is -0.491 e. The van der Waals surface area contributed by atoms with Gasteiger partial charge < -0.3 is 35.1 Å². The minimum absolute atomic E-state index is 0.0245. The zero-order valence-electron chi connectivity index (χ0n) is 38.7. The zero-order valence-corrected chi connectivity index (χ0v) is 41.2. The first-order chi connectivity index (χ1) is 33.2. The first-order valence-corrected chi connectivity index (χ1v) is 26.8. The highest BCUT2D eigenvalue weighted by molar-refractivity contribution is 9.10. The van der Waals surface area contributed by atoms with Crippen LogP contribution in [0.1, 0.15) is 42.7 Å². The van der Waals surface area contributed by atoms with Crippen molar-refractivity contribution in [2.45, 2.75) is 44.1 Å². The fourth-order valence-electron chi connectivity index (χ4n) is 10.1. The van der Waals surface area contributed by atoms with E-state index in [1.807, 2.05) is 60.7 Å². The van der Waals surface area contributed by atoms with Crippen LogP contribution in [0.4, 0.5) is 38.9 Å². The number of hydrogen-bond donors (Lipinski definition) is 4. The van der Waals surface area contributed by atoms with Gasteiger partial charge in [-0.25, -0.2) is 9.37 Å². The number of anilines is 6. The maximum atomic E-state index is 15.4. The summed E-state index contributed by atoms with van der Waals surface area (Å²) in [5.74, 6) is 0.684. The lowest BCUT2D eigenvalue weighted by atomic mass is 9.89. The molecular formula is C50H54BrFN11O5P. The van der Waals surface area contributed by atoms with Crippen molar-refractivity contribution >= 4 is 91.4 Å². The highest BCUT2D eigenvalue weighted by Gasteiger charge is 2.33. The molecule has 0 spiro atoms. The van der Waals surface area contributed by atoms with Gasteiger partial charge in [0.25, 0.3) is 0 Å². The van der Waals surface area contributed by atoms with Crippen molar-refractivity contribution in [1.82, 2.24) is 34.9 Å². The molecule has 4 aliphatic heterocycles. The average Bonchev–Trinajstić information content (AvgIpc) is 4.01. The van der Waals surface area contributed by atoms with Gasteiger partial charge in [0.2, 0.25) is 23.7 Å². The monoisotopic (exact) mass is 1020 g/mol. The number of nitrogens with one attached hydrogen (secondary N) is 4. The van der Waals surface area contributed by atoms with E-state index in [4.69, 9.17) is 9.72 Å². The van der Waals surface area contributed by atoms with E-state index in [0.29, 0.717) is 98.4 Å². The van der Waals surface area contributed by atoms with Gasteiger partial charge in [-0.15, -0.1) is 0 Å². The average molecular weight is 1020 g/mol. The fourth-order valence-corrected chi connectivity index (χ4v) is 11.9. The Balaban J connectivity index is 0.808. The van der Waals surface area contributed by atoms with E-state index in [-0.39, 0.29) is 30.0 Å². The van der Waals surface area contributed by atoms with E-state index in [2.05, 4.69) is 63.1 Å². The Bertz CT molecular complexity index is 3040. The molecule has 6 heterocycles. The summed E-state index contributed by atoms with van der Waals surface area (Å²) in [6, 6.07) is 18.4. The van der Waals surface area contributed by atoms with Crippen LogP contribution in [0.2, 0.25) is 0 Å². The van der Waals surface area contributed by atoms with E-state index in [0.717, 1.165) is 62.7 Å². The molecule has 0 radical (unpaired) electrons. The largest absolute Gasteiger partial charge is 0.491 e. The molecule has 16 nitrogen and oxygen atoms in total. The third-order valence-corrected chi connectivity index (χ3v) is 15.7. The van der Waals surface area contributed by atoms with Crippen molar-refractivity contribution in [3.8, 4) is 16.9 Å². The van der Waals surface area contributed by atoms with E-state index in [9.17, 15) is 18.9 Å². The van der Waals surface area contributed by atoms with Gasteiger partial charge in [0.1, 0.15) is 30.6 Å². The van der Waals surface area contributed by atoms with Crippen molar-refractivity contribution in [3.63, 3.8) is 0 Å². The van der Waals surface area contributed by atoms with Crippen LogP contribution in [-0.2, 0) is 32.4 Å². The Morgan fingerprint density at radius 3 is 2.48 bits per heavy atom. The smallest absolute Gasteiger partial charge is 0.249 e. The van der Waals surface area contributed by atoms with E-state index in [1.54, 1.807) is 36.3 Å². The van der Waals surface area contributed by atoms with Crippen molar-refractivity contribution in [2.75, 3.05) is 86.6 Å². The number of nitrogens with zero attached hydrogens (tertiary/aromatic N) is 7. The summed E-state index contributed by atoms with van der Waals surface area (Å²) < 4.78 is 37.9. The Kier molecular flexibility index (Phi) is 12.9. The number of fused-ring (bicyclic) bond motifs is 2. The van der Waals surface area contributed by atoms with Crippen LogP contribution < -0.4 is 36.2 Å². The first kappa shape index (κ1) is 46.4. The maximum Gasteiger partial charge on any atom is 0.249 e. The number of aryl methyl sites for hydroxylation is 1. The lowest BCUT2D eigenvalue weighted by molar-refractivity contribution is -0.134. The topological polar surface area (TPSA) is 179 Å². The van der Waals surface area contributed by atoms with Gasteiger partial charge >= 0.3 is 0 Å². The molecule has 358 valence electrons. The van der Waals surface area contributed by atoms with Crippen molar-refractivity contribution in [3.05, 3.63) is 101 Å². The number of benzene rings is 4. The summed E-state index contributed by atoms with van der Waals surface area (Å²) in [4.78, 5) is 53.5. The van der Waals surface area contributed by atoms with Crippen LogP contribution in [0.3, 0.4) is 0 Å². The number of hydrogen-bond acceptors (Lipinski definition) is 13. The number of carbonyl (C=O) groups excluding carboxylic acids is 3. The zero-order chi connectivity index (χ0) is 48.0. The number of imide groups is 1. The Hall–Kier alpha value is -6.36. The number of ether oxygens (including phenoxy) is 1. The maximum absolute atomic E-state index is 15.4. The molecular weight excluding hydrogens is 964 g/mol. The number of likely N-dealkylation sites (tertiary alicyclic amines) is 1. The molecule has 3 fully saturated rings. The van der Waals surface area contributed by atoms with Crippen molar-refractivity contribution < 1.29 is 28.1 Å². The van der Waals surface area contributed by atoms with Gasteiger partial charge in [-0.2, -0.15) is 10.1 Å². The third kappa shape index (κ3) is 9.79. The Labute approximate surface area is 407 Å². The molecule has 3 amide bonds. The van der Waals surface area contributed by atoms with Gasteiger partial charge in [-0.1, -0.05) is 36.4 Å². The highest BCUT2D eigenvalue weighted by Crippen LogP contribution is 2.48. The van der Waals surface area contributed by atoms with E-state index in [1.165, 1.54) is 6.07 Å². The second-order valence-electron chi connectivity index (χ2n) is 18.6. The fraction of sp³-hybridized carbons (Fsp3) is 0.360. The predicted molar refractivity (Wildman–Crippen MR) is 271 cm³/mol. The molecule has 69 heavy (non-hydrogen) atoms. The molecule has 10 rings (SSSR count). The van der Waals surface area contributed by atoms with Gasteiger partial charge in [-0.05, 0) is 108 Å². The minimum atomic E-state index is -2.72. The van der Waals surface area contributed by atoms with Crippen LogP contribution in [0.25, 0.3) is 21.9 Å². The number of piperazine rings is 1. The summed E-state index contributed by atoms with van der Waals surface area (Å²) in [7, 11) is -0.827. The lowest BCUT2D eigenvalue weighted by Gasteiger charge is -2.39. The van der Waals surface area contributed by atoms with Crippen molar-refractivity contribution in [2.24, 2.45) is 7.05 Å². The molecule has 4 aliphatic rings. The molecule has 2 aromatic heterocycles. The molecule has 4 aromatic carbocycles. The molecule has 0 aliphatic carbocycles. The van der Waals surface area contributed by atoms with Crippen LogP contribution in [0.5, 0.6) is 5.75 Å². The second-order valence-corrected chi connectivity index (χ2v) is 22.6. The SMILES string of the molecule is Cn1cc(-c2cc(Nc3ncc(Br)c(Nc4ccc5ccccc5c4P(C)(C)=O)n3)c3c(c2N2CCN(C(=O)CN4CCC(c5ccc(NC6CCC(=O)NC6=O)cc5F)CC4)CC2)CCO3)cn1. The number of rotatable bonds is 12. The standard InChI is InChI=1S/C50H54BrFN11O5P/c1-60-28-32(26-54-60)37-25-42(57-50-53-27-38(51)48(59-50)56-40-11-8-30-6-4-5-7-35(30)47(40)69(2,3)67)46-36(16-23-68-46)45(37)63-21-19-62(20-22-63)44(65)29-61-17-14-31(15-18-61)34-10-9-33(24-39(34)52)55-41-12-13-43(64)58-49(41)66/h4-11,24-28,31,41,55H,12-23,29H2,1-3H3,(H,58,64,66)(H2,53,56,57,59). The van der Waals surface area contributed by atoms with Gasteiger partial charge in [-0.3, -0.25) is 29.3 Å². The number of piperidine rings is 2. The third-order valence-electron chi connectivity index (χ3n) is 13.6. The van der Waals surface area contributed by atoms with Crippen LogP contribution in [-0.4, -0.2) is 119 Å². The molecule has 4 N–H and O–H groups in total. The molecule has 1 unspecified atom stereocenters. The number of carbonyl (C=O) groups is 3. The molecule has 19 heteroatoms. The van der Waals surface area contributed by atoms with E-state index < -0.39 is 19.1 Å². The Morgan fingerprint density at radius 2 is 1.74 bits per heavy atom. The second kappa shape index (κ2) is 19.2. The van der Waals surface area contributed by atoms with Gasteiger partial charge in [0.15, 0.2) is 0 Å². The molecule has 6 aromatic rings. The highest BCUT2D eigenvalue weighted by atomic mass is 79.9. The van der Waals surface area contributed by atoms with Crippen LogP contribution >= 0.6 is 23.1 Å². The summed E-state index contributed by atoms with van der Waals surface area (Å²) in [6.45, 7) is 8.14. The summed E-state index contributed by atoms with van der Waals surface area (Å²) in [6.07, 6.45) is 8.31. The molecule has 0 saturated carbocycles.